The number of amides is 2. The van der Waals surface area contributed by atoms with E-state index in [0.717, 1.165) is 29.0 Å². The van der Waals surface area contributed by atoms with Crippen molar-refractivity contribution >= 4 is 17.5 Å². The zero-order chi connectivity index (χ0) is 19.4. The first kappa shape index (κ1) is 19.0. The van der Waals surface area contributed by atoms with Gasteiger partial charge in [-0.15, -0.1) is 0 Å². The van der Waals surface area contributed by atoms with Crippen molar-refractivity contribution in [3.8, 4) is 5.75 Å². The van der Waals surface area contributed by atoms with Crippen LogP contribution in [0.15, 0.2) is 36.4 Å². The Hall–Kier alpha value is -2.82. The highest BCUT2D eigenvalue weighted by molar-refractivity contribution is 5.98. The summed E-state index contributed by atoms with van der Waals surface area (Å²) in [5.41, 5.74) is 4.88. The molecule has 0 aromatic heterocycles. The number of anilines is 1. The topological polar surface area (TPSA) is 58.6 Å². The molecule has 1 N–H and O–H groups in total. The maximum Gasteiger partial charge on any atom is 0.251 e. The van der Waals surface area contributed by atoms with Crippen LogP contribution < -0.4 is 15.0 Å². The molecule has 0 bridgehead atoms. The Morgan fingerprint density at radius 1 is 1.19 bits per heavy atom. The molecule has 5 heteroatoms. The molecule has 5 nitrogen and oxygen atoms in total. The Morgan fingerprint density at radius 3 is 2.74 bits per heavy atom. The summed E-state index contributed by atoms with van der Waals surface area (Å²) in [5.74, 6) is 0.871. The second-order valence-electron chi connectivity index (χ2n) is 6.81. The zero-order valence-electron chi connectivity index (χ0n) is 16.2. The van der Waals surface area contributed by atoms with Crippen molar-refractivity contribution in [3.63, 3.8) is 0 Å². The Labute approximate surface area is 160 Å². The van der Waals surface area contributed by atoms with Gasteiger partial charge in [-0.3, -0.25) is 9.59 Å². The highest BCUT2D eigenvalue weighted by Crippen LogP contribution is 2.29. The van der Waals surface area contributed by atoms with Gasteiger partial charge in [0.1, 0.15) is 5.75 Å². The Balaban J connectivity index is 1.63. The molecule has 0 saturated heterocycles. The summed E-state index contributed by atoms with van der Waals surface area (Å²) in [6, 6.07) is 11.6. The molecule has 0 radical (unpaired) electrons. The third-order valence-corrected chi connectivity index (χ3v) is 4.96. The van der Waals surface area contributed by atoms with E-state index in [0.29, 0.717) is 31.5 Å². The molecule has 1 heterocycles. The van der Waals surface area contributed by atoms with E-state index in [2.05, 4.69) is 11.4 Å². The van der Waals surface area contributed by atoms with E-state index in [1.165, 1.54) is 5.56 Å². The second kappa shape index (κ2) is 8.25. The van der Waals surface area contributed by atoms with Gasteiger partial charge in [-0.25, -0.2) is 0 Å². The molecule has 0 aliphatic carbocycles. The van der Waals surface area contributed by atoms with Gasteiger partial charge in [0.05, 0.1) is 7.11 Å². The van der Waals surface area contributed by atoms with E-state index in [4.69, 9.17) is 4.74 Å². The maximum atomic E-state index is 12.5. The number of hydrogen-bond donors (Lipinski definition) is 1. The lowest BCUT2D eigenvalue weighted by molar-refractivity contribution is -0.118. The molecule has 0 saturated carbocycles. The maximum absolute atomic E-state index is 12.5. The monoisotopic (exact) mass is 366 g/mol. The van der Waals surface area contributed by atoms with Crippen molar-refractivity contribution in [1.29, 1.82) is 0 Å². The highest BCUT2D eigenvalue weighted by atomic mass is 16.5. The van der Waals surface area contributed by atoms with E-state index in [9.17, 15) is 9.59 Å². The van der Waals surface area contributed by atoms with Crippen LogP contribution in [0.25, 0.3) is 0 Å². The van der Waals surface area contributed by atoms with Gasteiger partial charge in [-0.05, 0) is 55.2 Å². The molecule has 2 amide bonds. The number of hydrogen-bond acceptors (Lipinski definition) is 3. The standard InChI is InChI=1S/C22H26N2O3/c1-4-21(25)24-12-10-16-14-18(6-7-19(16)24)22(26)23-11-9-17-13-15(2)5-8-20(17)27-3/h5-8,13-14H,4,9-12H2,1-3H3,(H,23,26). The molecule has 2 aromatic rings. The largest absolute Gasteiger partial charge is 0.496 e. The number of nitrogens with zero attached hydrogens (tertiary/aromatic N) is 1. The quantitative estimate of drug-likeness (QED) is 0.854. The number of benzene rings is 2. The van der Waals surface area contributed by atoms with Crippen LogP contribution >= 0.6 is 0 Å². The van der Waals surface area contributed by atoms with E-state index >= 15 is 0 Å². The minimum absolute atomic E-state index is 0.0929. The SMILES string of the molecule is CCC(=O)N1CCc2cc(C(=O)NCCc3cc(C)ccc3OC)ccc21. The summed E-state index contributed by atoms with van der Waals surface area (Å²) >= 11 is 0. The third-order valence-electron chi connectivity index (χ3n) is 4.96. The van der Waals surface area contributed by atoms with Crippen molar-refractivity contribution < 1.29 is 14.3 Å². The van der Waals surface area contributed by atoms with Crippen LogP contribution in [-0.4, -0.2) is 32.0 Å². The molecular weight excluding hydrogens is 340 g/mol. The lowest BCUT2D eigenvalue weighted by Gasteiger charge is -2.16. The van der Waals surface area contributed by atoms with E-state index in [-0.39, 0.29) is 11.8 Å². The smallest absolute Gasteiger partial charge is 0.251 e. The summed E-state index contributed by atoms with van der Waals surface area (Å²) in [7, 11) is 1.66. The number of carbonyl (C=O) groups is 2. The van der Waals surface area contributed by atoms with Crippen LogP contribution in [0.4, 0.5) is 5.69 Å². The van der Waals surface area contributed by atoms with Gasteiger partial charge >= 0.3 is 0 Å². The highest BCUT2D eigenvalue weighted by Gasteiger charge is 2.24. The summed E-state index contributed by atoms with van der Waals surface area (Å²) in [5, 5.41) is 2.98. The average Bonchev–Trinajstić information content (AvgIpc) is 3.10. The minimum atomic E-state index is -0.0929. The van der Waals surface area contributed by atoms with Crippen molar-refractivity contribution in [3.05, 3.63) is 58.7 Å². The number of rotatable bonds is 6. The van der Waals surface area contributed by atoms with Gasteiger partial charge in [-0.1, -0.05) is 24.6 Å². The molecule has 3 rings (SSSR count). The number of fused-ring (bicyclic) bond motifs is 1. The average molecular weight is 366 g/mol. The van der Waals surface area contributed by atoms with Crippen molar-refractivity contribution in [2.24, 2.45) is 0 Å². The predicted molar refractivity (Wildman–Crippen MR) is 107 cm³/mol. The lowest BCUT2D eigenvalue weighted by atomic mass is 10.1. The van der Waals surface area contributed by atoms with Gasteiger partial charge < -0.3 is 15.0 Å². The van der Waals surface area contributed by atoms with E-state index in [1.807, 2.05) is 38.1 Å². The van der Waals surface area contributed by atoms with Crippen molar-refractivity contribution in [2.45, 2.75) is 33.1 Å². The van der Waals surface area contributed by atoms with Crippen LogP contribution in [0.1, 0.15) is 40.4 Å². The number of carbonyl (C=O) groups excluding carboxylic acids is 2. The van der Waals surface area contributed by atoms with Gasteiger partial charge in [0.2, 0.25) is 5.91 Å². The number of nitrogens with one attached hydrogen (secondary N) is 1. The molecule has 142 valence electrons. The first-order valence-corrected chi connectivity index (χ1v) is 9.38. The second-order valence-corrected chi connectivity index (χ2v) is 6.81. The molecular formula is C22H26N2O3. The number of aryl methyl sites for hydroxylation is 1. The van der Waals surface area contributed by atoms with E-state index < -0.39 is 0 Å². The first-order chi connectivity index (χ1) is 13.0. The normalized spacial score (nSPS) is 12.6. The Bertz CT molecular complexity index is 861. The number of methoxy groups -OCH3 is 1. The van der Waals surface area contributed by atoms with Crippen LogP contribution in [0.3, 0.4) is 0 Å². The molecule has 2 aromatic carbocycles. The van der Waals surface area contributed by atoms with Crippen molar-refractivity contribution in [2.75, 3.05) is 25.1 Å². The van der Waals surface area contributed by atoms with Crippen LogP contribution in [0.5, 0.6) is 5.75 Å². The third kappa shape index (κ3) is 4.13. The fraction of sp³-hybridized carbons (Fsp3) is 0.364. The fourth-order valence-electron chi connectivity index (χ4n) is 3.51. The fourth-order valence-corrected chi connectivity index (χ4v) is 3.51. The molecule has 0 unspecified atom stereocenters. The first-order valence-electron chi connectivity index (χ1n) is 9.38. The van der Waals surface area contributed by atoms with Crippen LogP contribution in [-0.2, 0) is 17.6 Å². The van der Waals surface area contributed by atoms with Gasteiger partial charge in [0.25, 0.3) is 5.91 Å². The van der Waals surface area contributed by atoms with Crippen LogP contribution in [0.2, 0.25) is 0 Å². The molecule has 0 spiro atoms. The molecule has 27 heavy (non-hydrogen) atoms. The summed E-state index contributed by atoms with van der Waals surface area (Å²) in [6.45, 7) is 5.14. The Morgan fingerprint density at radius 2 is 2.00 bits per heavy atom. The lowest BCUT2D eigenvalue weighted by Crippen LogP contribution is -2.28. The summed E-state index contributed by atoms with van der Waals surface area (Å²) < 4.78 is 5.39. The summed E-state index contributed by atoms with van der Waals surface area (Å²) in [4.78, 5) is 26.3. The van der Waals surface area contributed by atoms with E-state index in [1.54, 1.807) is 18.1 Å². The molecule has 0 fully saturated rings. The minimum Gasteiger partial charge on any atom is -0.496 e. The molecule has 1 aliphatic heterocycles. The number of ether oxygens (including phenoxy) is 1. The van der Waals surface area contributed by atoms with Gasteiger partial charge in [0, 0.05) is 30.8 Å². The predicted octanol–water partition coefficient (Wildman–Crippen LogP) is 3.28. The summed E-state index contributed by atoms with van der Waals surface area (Å²) in [6.07, 6.45) is 1.99. The Kier molecular flexibility index (Phi) is 5.79. The molecule has 0 atom stereocenters. The van der Waals surface area contributed by atoms with Gasteiger partial charge in [0.15, 0.2) is 0 Å². The van der Waals surface area contributed by atoms with Crippen molar-refractivity contribution in [1.82, 2.24) is 5.32 Å². The molecule has 1 aliphatic rings. The van der Waals surface area contributed by atoms with Crippen LogP contribution in [0, 0.1) is 6.92 Å². The zero-order valence-corrected chi connectivity index (χ0v) is 16.2. The van der Waals surface area contributed by atoms with Gasteiger partial charge in [-0.2, -0.15) is 0 Å².